The van der Waals surface area contributed by atoms with Crippen molar-refractivity contribution in [2.24, 2.45) is 5.41 Å². The molecule has 5 heteroatoms. The molecular formula is C16H21NO4. The summed E-state index contributed by atoms with van der Waals surface area (Å²) in [4.78, 5) is 22.9. The molecule has 1 heterocycles. The van der Waals surface area contributed by atoms with E-state index in [2.05, 4.69) is 5.32 Å². The molecule has 5 nitrogen and oxygen atoms in total. The number of hydrogen-bond donors (Lipinski definition) is 2. The lowest BCUT2D eigenvalue weighted by Crippen LogP contribution is -2.42. The molecule has 1 aromatic carbocycles. The molecule has 1 fully saturated rings. The molecule has 0 aliphatic carbocycles. The summed E-state index contributed by atoms with van der Waals surface area (Å²) in [6, 6.07) is 7.27. The van der Waals surface area contributed by atoms with Gasteiger partial charge < -0.3 is 15.2 Å². The van der Waals surface area contributed by atoms with Gasteiger partial charge in [-0.15, -0.1) is 0 Å². The van der Waals surface area contributed by atoms with Crippen LogP contribution in [0.3, 0.4) is 0 Å². The monoisotopic (exact) mass is 291 g/mol. The van der Waals surface area contributed by atoms with Gasteiger partial charge in [-0.2, -0.15) is 0 Å². The maximum Gasteiger partial charge on any atom is 0.307 e. The Morgan fingerprint density at radius 1 is 1.19 bits per heavy atom. The Hall–Kier alpha value is -1.88. The summed E-state index contributed by atoms with van der Waals surface area (Å²) in [5.74, 6) is -0.788. The van der Waals surface area contributed by atoms with Gasteiger partial charge in [-0.1, -0.05) is 31.2 Å². The molecule has 0 aromatic heterocycles. The highest BCUT2D eigenvalue weighted by molar-refractivity contribution is 5.82. The van der Waals surface area contributed by atoms with Gasteiger partial charge in [0.2, 0.25) is 5.91 Å². The molecule has 1 aromatic rings. The molecule has 1 amide bonds. The standard InChI is InChI=1S/C16H21NO4/c1-16(6-8-21-9-7-16)15(20)17-11-13-4-2-12(3-5-13)10-14(18)19/h2-5H,6-11H2,1H3,(H,17,20)(H,18,19). The van der Waals surface area contributed by atoms with E-state index in [9.17, 15) is 9.59 Å². The molecule has 0 bridgehead atoms. The van der Waals surface area contributed by atoms with Gasteiger partial charge in [-0.05, 0) is 24.0 Å². The van der Waals surface area contributed by atoms with Gasteiger partial charge >= 0.3 is 5.97 Å². The number of aliphatic carboxylic acids is 1. The topological polar surface area (TPSA) is 75.6 Å². The Morgan fingerprint density at radius 3 is 2.33 bits per heavy atom. The molecule has 1 aliphatic heterocycles. The van der Waals surface area contributed by atoms with Crippen molar-refractivity contribution in [3.05, 3.63) is 35.4 Å². The Labute approximate surface area is 124 Å². The van der Waals surface area contributed by atoms with Crippen molar-refractivity contribution in [1.29, 1.82) is 0 Å². The van der Waals surface area contributed by atoms with Crippen molar-refractivity contribution in [3.63, 3.8) is 0 Å². The molecule has 2 N–H and O–H groups in total. The molecule has 21 heavy (non-hydrogen) atoms. The second kappa shape index (κ2) is 6.72. The average Bonchev–Trinajstić information content (AvgIpc) is 2.46. The highest BCUT2D eigenvalue weighted by Crippen LogP contribution is 2.29. The number of carboxylic acid groups (broad SMARTS) is 1. The summed E-state index contributed by atoms with van der Waals surface area (Å²) in [6.45, 7) is 3.70. The largest absolute Gasteiger partial charge is 0.481 e. The quantitative estimate of drug-likeness (QED) is 0.866. The molecule has 0 atom stereocenters. The number of nitrogens with one attached hydrogen (secondary N) is 1. The van der Waals surface area contributed by atoms with Crippen molar-refractivity contribution >= 4 is 11.9 Å². The number of hydrogen-bond acceptors (Lipinski definition) is 3. The number of ether oxygens (including phenoxy) is 1. The molecular weight excluding hydrogens is 270 g/mol. The Balaban J connectivity index is 1.87. The Bertz CT molecular complexity index is 504. The number of amides is 1. The summed E-state index contributed by atoms with van der Waals surface area (Å²) in [5.41, 5.74) is 1.38. The van der Waals surface area contributed by atoms with E-state index >= 15 is 0 Å². The number of benzene rings is 1. The first-order chi connectivity index (χ1) is 9.99. The fraction of sp³-hybridized carbons (Fsp3) is 0.500. The smallest absolute Gasteiger partial charge is 0.307 e. The molecule has 2 rings (SSSR count). The van der Waals surface area contributed by atoms with E-state index in [4.69, 9.17) is 9.84 Å². The second-order valence-electron chi connectivity index (χ2n) is 5.74. The molecule has 0 unspecified atom stereocenters. The van der Waals surface area contributed by atoms with Crippen LogP contribution in [0.25, 0.3) is 0 Å². The highest BCUT2D eigenvalue weighted by Gasteiger charge is 2.34. The van der Waals surface area contributed by atoms with Crippen LogP contribution in [-0.4, -0.2) is 30.2 Å². The molecule has 0 spiro atoms. The van der Waals surface area contributed by atoms with Crippen molar-refractivity contribution in [3.8, 4) is 0 Å². The zero-order chi connectivity index (χ0) is 15.3. The van der Waals surface area contributed by atoms with Crippen molar-refractivity contribution in [1.82, 2.24) is 5.32 Å². The minimum Gasteiger partial charge on any atom is -0.481 e. The summed E-state index contributed by atoms with van der Waals surface area (Å²) in [7, 11) is 0. The van der Waals surface area contributed by atoms with Gasteiger partial charge in [-0.3, -0.25) is 9.59 Å². The van der Waals surface area contributed by atoms with Gasteiger partial charge in [0.1, 0.15) is 0 Å². The van der Waals surface area contributed by atoms with E-state index in [-0.39, 0.29) is 17.7 Å². The number of carbonyl (C=O) groups is 2. The zero-order valence-corrected chi connectivity index (χ0v) is 12.2. The van der Waals surface area contributed by atoms with Crippen LogP contribution in [0.5, 0.6) is 0 Å². The van der Waals surface area contributed by atoms with Gasteiger partial charge in [0.25, 0.3) is 0 Å². The third kappa shape index (κ3) is 4.29. The van der Waals surface area contributed by atoms with Crippen LogP contribution in [0.1, 0.15) is 30.9 Å². The third-order valence-corrected chi connectivity index (χ3v) is 3.98. The first kappa shape index (κ1) is 15.5. The lowest BCUT2D eigenvalue weighted by molar-refractivity contribution is -0.136. The van der Waals surface area contributed by atoms with Gasteiger partial charge in [0.05, 0.1) is 11.8 Å². The lowest BCUT2D eigenvalue weighted by Gasteiger charge is -2.32. The summed E-state index contributed by atoms with van der Waals surface area (Å²) in [5, 5.41) is 11.7. The van der Waals surface area contributed by atoms with E-state index in [1.807, 2.05) is 19.1 Å². The molecule has 0 radical (unpaired) electrons. The number of carbonyl (C=O) groups excluding carboxylic acids is 1. The molecule has 1 aliphatic rings. The van der Waals surface area contributed by atoms with E-state index in [1.165, 1.54) is 0 Å². The molecule has 114 valence electrons. The van der Waals surface area contributed by atoms with Gasteiger partial charge in [0.15, 0.2) is 0 Å². The lowest BCUT2D eigenvalue weighted by atomic mass is 9.81. The Morgan fingerprint density at radius 2 is 1.76 bits per heavy atom. The number of rotatable bonds is 5. The predicted octanol–water partition coefficient (Wildman–Crippen LogP) is 1.75. The SMILES string of the molecule is CC1(C(=O)NCc2ccc(CC(=O)O)cc2)CCOCC1. The third-order valence-electron chi connectivity index (χ3n) is 3.98. The van der Waals surface area contributed by atoms with Crippen LogP contribution in [0.2, 0.25) is 0 Å². The van der Waals surface area contributed by atoms with E-state index in [0.29, 0.717) is 19.8 Å². The normalized spacial score (nSPS) is 17.2. The summed E-state index contributed by atoms with van der Waals surface area (Å²) in [6.07, 6.45) is 1.51. The van der Waals surface area contributed by atoms with Gasteiger partial charge in [-0.25, -0.2) is 0 Å². The second-order valence-corrected chi connectivity index (χ2v) is 5.74. The van der Waals surface area contributed by atoms with E-state index < -0.39 is 5.97 Å². The van der Waals surface area contributed by atoms with Crippen molar-refractivity contribution < 1.29 is 19.4 Å². The van der Waals surface area contributed by atoms with E-state index in [1.54, 1.807) is 12.1 Å². The minimum atomic E-state index is -0.844. The fourth-order valence-electron chi connectivity index (χ4n) is 2.39. The van der Waals surface area contributed by atoms with E-state index in [0.717, 1.165) is 24.0 Å². The average molecular weight is 291 g/mol. The zero-order valence-electron chi connectivity index (χ0n) is 12.2. The summed E-state index contributed by atoms with van der Waals surface area (Å²) >= 11 is 0. The van der Waals surface area contributed by atoms with Crippen LogP contribution in [0.15, 0.2) is 24.3 Å². The van der Waals surface area contributed by atoms with Crippen LogP contribution >= 0.6 is 0 Å². The van der Waals surface area contributed by atoms with Crippen molar-refractivity contribution in [2.45, 2.75) is 32.7 Å². The van der Waals surface area contributed by atoms with Crippen LogP contribution < -0.4 is 5.32 Å². The maximum absolute atomic E-state index is 12.3. The van der Waals surface area contributed by atoms with Crippen LogP contribution in [0.4, 0.5) is 0 Å². The highest BCUT2D eigenvalue weighted by atomic mass is 16.5. The first-order valence-electron chi connectivity index (χ1n) is 7.15. The predicted molar refractivity (Wildman–Crippen MR) is 77.8 cm³/mol. The summed E-state index contributed by atoms with van der Waals surface area (Å²) < 4.78 is 5.29. The number of carboxylic acids is 1. The molecule has 1 saturated heterocycles. The maximum atomic E-state index is 12.3. The van der Waals surface area contributed by atoms with Crippen molar-refractivity contribution in [2.75, 3.05) is 13.2 Å². The minimum absolute atomic E-state index is 0.0186. The van der Waals surface area contributed by atoms with Crippen LogP contribution in [0, 0.1) is 5.41 Å². The first-order valence-corrected chi connectivity index (χ1v) is 7.15. The molecule has 0 saturated carbocycles. The van der Waals surface area contributed by atoms with Gasteiger partial charge in [0, 0.05) is 19.8 Å². The Kier molecular flexibility index (Phi) is 4.96. The fourth-order valence-corrected chi connectivity index (χ4v) is 2.39. The van der Waals surface area contributed by atoms with Crippen LogP contribution in [-0.2, 0) is 27.3 Å².